The molecule has 1 nitrogen and oxygen atoms in total. The molecule has 0 saturated heterocycles. The fraction of sp³-hybridized carbons (Fsp3) is 0.294. The van der Waals surface area contributed by atoms with Crippen molar-refractivity contribution >= 4 is 15.9 Å². The number of benzene rings is 2. The Labute approximate surface area is 132 Å². The summed E-state index contributed by atoms with van der Waals surface area (Å²) in [5, 5.41) is 3.18. The summed E-state index contributed by atoms with van der Waals surface area (Å²) in [4.78, 5) is 0. The average Bonchev–Trinajstić information content (AvgIpc) is 2.41. The number of hydrogen-bond donors (Lipinski definition) is 1. The molecule has 1 atom stereocenters. The molecule has 21 heavy (non-hydrogen) atoms. The first-order valence-electron chi connectivity index (χ1n) is 6.89. The minimum atomic E-state index is -0.526. The van der Waals surface area contributed by atoms with E-state index in [-0.39, 0.29) is 5.56 Å². The number of aryl methyl sites for hydroxylation is 2. The predicted octanol–water partition coefficient (Wildman–Crippen LogP) is 5.04. The lowest BCUT2D eigenvalue weighted by Gasteiger charge is -2.21. The zero-order chi connectivity index (χ0) is 15.6. The van der Waals surface area contributed by atoms with Crippen LogP contribution in [-0.2, 0) is 0 Å². The van der Waals surface area contributed by atoms with Crippen molar-refractivity contribution in [3.63, 3.8) is 0 Å². The molecule has 0 aromatic heterocycles. The first kappa shape index (κ1) is 16.1. The molecule has 0 bridgehead atoms. The van der Waals surface area contributed by atoms with Crippen LogP contribution in [0.4, 0.5) is 8.78 Å². The molecule has 1 N–H and O–H groups in total. The summed E-state index contributed by atoms with van der Waals surface area (Å²) in [6, 6.07) is 8.08. The van der Waals surface area contributed by atoms with Crippen molar-refractivity contribution in [2.75, 3.05) is 6.54 Å². The molecule has 4 heteroatoms. The number of rotatable bonds is 4. The molecule has 112 valence electrons. The molecule has 0 saturated carbocycles. The Morgan fingerprint density at radius 1 is 1.14 bits per heavy atom. The van der Waals surface area contributed by atoms with Crippen molar-refractivity contribution < 1.29 is 8.78 Å². The Bertz CT molecular complexity index is 635. The number of hydrogen-bond acceptors (Lipinski definition) is 1. The van der Waals surface area contributed by atoms with Crippen LogP contribution >= 0.6 is 15.9 Å². The third-order valence-electron chi connectivity index (χ3n) is 3.41. The maximum absolute atomic E-state index is 14.4. The zero-order valence-corrected chi connectivity index (χ0v) is 13.9. The van der Waals surface area contributed by atoms with Crippen LogP contribution in [-0.4, -0.2) is 6.54 Å². The maximum Gasteiger partial charge on any atom is 0.134 e. The van der Waals surface area contributed by atoms with Crippen molar-refractivity contribution in [2.45, 2.75) is 26.8 Å². The maximum atomic E-state index is 14.4. The van der Waals surface area contributed by atoms with Gasteiger partial charge in [0.2, 0.25) is 0 Å². The van der Waals surface area contributed by atoms with Crippen molar-refractivity contribution in [1.82, 2.24) is 5.32 Å². The first-order chi connectivity index (χ1) is 9.93. The number of nitrogens with one attached hydrogen (secondary N) is 1. The Morgan fingerprint density at radius 2 is 1.86 bits per heavy atom. The Hall–Kier alpha value is -1.26. The van der Waals surface area contributed by atoms with E-state index in [0.717, 1.165) is 15.6 Å². The van der Waals surface area contributed by atoms with Crippen LogP contribution in [0.25, 0.3) is 0 Å². The lowest BCUT2D eigenvalue weighted by atomic mass is 9.95. The van der Waals surface area contributed by atoms with E-state index in [4.69, 9.17) is 0 Å². The minimum absolute atomic E-state index is 0.0781. The van der Waals surface area contributed by atoms with Crippen molar-refractivity contribution in [3.05, 3.63) is 68.7 Å². The minimum Gasteiger partial charge on any atom is -0.306 e. The smallest absolute Gasteiger partial charge is 0.134 e. The van der Waals surface area contributed by atoms with Gasteiger partial charge in [-0.1, -0.05) is 35.0 Å². The standard InChI is InChI=1S/C17H18BrF2N/c1-4-21-17(12-7-10(2)8-13(18)9-12)15-14(19)6-5-11(3)16(15)20/h5-9,17,21H,4H2,1-3H3. The molecule has 0 radical (unpaired) electrons. The van der Waals surface area contributed by atoms with E-state index in [1.165, 1.54) is 12.1 Å². The van der Waals surface area contributed by atoms with Crippen LogP contribution < -0.4 is 5.32 Å². The summed E-state index contributed by atoms with van der Waals surface area (Å²) in [7, 11) is 0. The quantitative estimate of drug-likeness (QED) is 0.811. The molecular weight excluding hydrogens is 336 g/mol. The fourth-order valence-corrected chi connectivity index (χ4v) is 3.09. The molecule has 0 amide bonds. The van der Waals surface area contributed by atoms with Gasteiger partial charge < -0.3 is 5.32 Å². The Morgan fingerprint density at radius 3 is 2.48 bits per heavy atom. The Balaban J connectivity index is 2.61. The molecule has 0 spiro atoms. The molecule has 0 aliphatic carbocycles. The van der Waals surface area contributed by atoms with Gasteiger partial charge in [0.15, 0.2) is 0 Å². The molecule has 2 aromatic carbocycles. The highest BCUT2D eigenvalue weighted by atomic mass is 79.9. The summed E-state index contributed by atoms with van der Waals surface area (Å²) in [6.07, 6.45) is 0. The van der Waals surface area contributed by atoms with Gasteiger partial charge in [-0.2, -0.15) is 0 Å². The van der Waals surface area contributed by atoms with Crippen LogP contribution in [0, 0.1) is 25.5 Å². The summed E-state index contributed by atoms with van der Waals surface area (Å²) in [5.41, 5.74) is 2.40. The van der Waals surface area contributed by atoms with Gasteiger partial charge in [0.05, 0.1) is 6.04 Å². The SMILES string of the molecule is CCNC(c1cc(C)cc(Br)c1)c1c(F)ccc(C)c1F. The number of halogens is 3. The topological polar surface area (TPSA) is 12.0 Å². The van der Waals surface area contributed by atoms with Gasteiger partial charge in [0, 0.05) is 10.0 Å². The largest absolute Gasteiger partial charge is 0.306 e. The Kier molecular flexibility index (Phi) is 5.12. The first-order valence-corrected chi connectivity index (χ1v) is 7.68. The molecule has 1 unspecified atom stereocenters. The molecular formula is C17H18BrF2N. The van der Waals surface area contributed by atoms with E-state index < -0.39 is 17.7 Å². The van der Waals surface area contributed by atoms with Crippen LogP contribution in [0.2, 0.25) is 0 Å². The van der Waals surface area contributed by atoms with Gasteiger partial charge >= 0.3 is 0 Å². The predicted molar refractivity (Wildman–Crippen MR) is 85.5 cm³/mol. The summed E-state index contributed by atoms with van der Waals surface area (Å²) in [6.45, 7) is 6.14. The van der Waals surface area contributed by atoms with E-state index in [9.17, 15) is 8.78 Å². The van der Waals surface area contributed by atoms with Gasteiger partial charge in [-0.15, -0.1) is 0 Å². The van der Waals surface area contributed by atoms with Crippen molar-refractivity contribution in [2.24, 2.45) is 0 Å². The third kappa shape index (κ3) is 3.50. The van der Waals surface area contributed by atoms with Crippen molar-refractivity contribution in [1.29, 1.82) is 0 Å². The normalized spacial score (nSPS) is 12.5. The van der Waals surface area contributed by atoms with Gasteiger partial charge in [-0.3, -0.25) is 0 Å². The molecule has 2 aromatic rings. The lowest BCUT2D eigenvalue weighted by molar-refractivity contribution is 0.506. The van der Waals surface area contributed by atoms with Gasteiger partial charge in [-0.25, -0.2) is 8.78 Å². The van der Waals surface area contributed by atoms with Crippen molar-refractivity contribution in [3.8, 4) is 0 Å². The van der Waals surface area contributed by atoms with E-state index in [1.807, 2.05) is 32.0 Å². The highest BCUT2D eigenvalue weighted by Gasteiger charge is 2.23. The zero-order valence-electron chi connectivity index (χ0n) is 12.3. The van der Waals surface area contributed by atoms with Gasteiger partial charge in [0.1, 0.15) is 11.6 Å². The van der Waals surface area contributed by atoms with E-state index in [1.54, 1.807) is 6.92 Å². The average molecular weight is 354 g/mol. The second kappa shape index (κ2) is 6.67. The van der Waals surface area contributed by atoms with E-state index >= 15 is 0 Å². The molecule has 0 aliphatic rings. The molecule has 0 aliphatic heterocycles. The molecule has 0 fully saturated rings. The lowest BCUT2D eigenvalue weighted by Crippen LogP contribution is -2.24. The second-order valence-electron chi connectivity index (χ2n) is 5.14. The summed E-state index contributed by atoms with van der Waals surface area (Å²) in [5.74, 6) is -1.01. The fourth-order valence-electron chi connectivity index (χ4n) is 2.46. The van der Waals surface area contributed by atoms with Gasteiger partial charge in [-0.05, 0) is 55.3 Å². The second-order valence-corrected chi connectivity index (χ2v) is 6.06. The highest BCUT2D eigenvalue weighted by Crippen LogP contribution is 2.30. The van der Waals surface area contributed by atoms with Crippen LogP contribution in [0.15, 0.2) is 34.8 Å². The monoisotopic (exact) mass is 353 g/mol. The van der Waals surface area contributed by atoms with Crippen LogP contribution in [0.1, 0.15) is 35.2 Å². The molecule has 0 heterocycles. The van der Waals surface area contributed by atoms with Crippen LogP contribution in [0.5, 0.6) is 0 Å². The molecule has 2 rings (SSSR count). The van der Waals surface area contributed by atoms with E-state index in [2.05, 4.69) is 21.2 Å². The highest BCUT2D eigenvalue weighted by molar-refractivity contribution is 9.10. The van der Waals surface area contributed by atoms with Gasteiger partial charge in [0.25, 0.3) is 0 Å². The summed E-state index contributed by atoms with van der Waals surface area (Å²) < 4.78 is 29.5. The summed E-state index contributed by atoms with van der Waals surface area (Å²) >= 11 is 3.44. The van der Waals surface area contributed by atoms with E-state index in [0.29, 0.717) is 12.1 Å². The van der Waals surface area contributed by atoms with Crippen LogP contribution in [0.3, 0.4) is 0 Å². The third-order valence-corrected chi connectivity index (χ3v) is 3.87.